The van der Waals surface area contributed by atoms with E-state index in [1.165, 1.54) is 19.1 Å². The summed E-state index contributed by atoms with van der Waals surface area (Å²) in [4.78, 5) is 11.6. The van der Waals surface area contributed by atoms with Gasteiger partial charge < -0.3 is 14.6 Å². The molecule has 0 saturated heterocycles. The molecule has 200 valence electrons. The van der Waals surface area contributed by atoms with Crippen LogP contribution in [0.2, 0.25) is 0 Å². The summed E-state index contributed by atoms with van der Waals surface area (Å²) in [6.07, 6.45) is -4.41. The molecule has 0 aliphatic carbocycles. The highest BCUT2D eigenvalue weighted by atomic mass is 32.2. The lowest BCUT2D eigenvalue weighted by Crippen LogP contribution is -2.45. The van der Waals surface area contributed by atoms with Crippen LogP contribution in [-0.4, -0.2) is 38.2 Å². The van der Waals surface area contributed by atoms with Gasteiger partial charge in [-0.25, -0.2) is 9.07 Å². The summed E-state index contributed by atoms with van der Waals surface area (Å²) in [6, 6.07) is 16.7. The first kappa shape index (κ1) is 27.5. The molecule has 4 aromatic rings. The van der Waals surface area contributed by atoms with Gasteiger partial charge in [-0.15, -0.1) is 0 Å². The predicted octanol–water partition coefficient (Wildman–Crippen LogP) is 5.62. The van der Waals surface area contributed by atoms with Crippen molar-refractivity contribution in [2.45, 2.75) is 37.9 Å². The van der Waals surface area contributed by atoms with E-state index >= 15 is 0 Å². The average Bonchev–Trinajstić information content (AvgIpc) is 3.31. The number of hydrogen-bond acceptors (Lipinski definition) is 4. The second-order valence-electron chi connectivity index (χ2n) is 8.67. The van der Waals surface area contributed by atoms with Crippen LogP contribution in [-0.2, 0) is 21.7 Å². The summed E-state index contributed by atoms with van der Waals surface area (Å²) in [5.41, 5.74) is 2.72. The Morgan fingerprint density at radius 1 is 1.11 bits per heavy atom. The minimum Gasteiger partial charge on any atom is -0.616 e. The van der Waals surface area contributed by atoms with Crippen LogP contribution in [0.15, 0.2) is 72.9 Å². The van der Waals surface area contributed by atoms with Gasteiger partial charge in [-0.1, -0.05) is 24.3 Å². The molecule has 1 aromatic heterocycles. The maximum Gasteiger partial charge on any atom is 0.471 e. The van der Waals surface area contributed by atoms with Gasteiger partial charge in [-0.3, -0.25) is 4.79 Å². The van der Waals surface area contributed by atoms with E-state index in [1.54, 1.807) is 65.5 Å². The van der Waals surface area contributed by atoms with Gasteiger partial charge in [-0.05, 0) is 73.1 Å². The Kier molecular flexibility index (Phi) is 8.27. The zero-order valence-electron chi connectivity index (χ0n) is 20.5. The van der Waals surface area contributed by atoms with E-state index in [0.717, 1.165) is 5.56 Å². The molecule has 38 heavy (non-hydrogen) atoms. The van der Waals surface area contributed by atoms with Crippen LogP contribution >= 0.6 is 0 Å². The van der Waals surface area contributed by atoms with Gasteiger partial charge >= 0.3 is 12.1 Å². The molecule has 0 fully saturated rings. The van der Waals surface area contributed by atoms with Crippen molar-refractivity contribution in [3.8, 4) is 11.4 Å². The SMILES string of the molecule is CC[S+]([O-])Cc1ccc([C@@H](Oc2ccc3c(cnn3-c3ccc(F)cc3)c2)[C@H](C)NC(=O)C(F)(F)F)cc1. The molecule has 0 saturated carbocycles. The fraction of sp³-hybridized carbons (Fsp3) is 0.259. The third-order valence-electron chi connectivity index (χ3n) is 5.90. The highest BCUT2D eigenvalue weighted by Gasteiger charge is 2.40. The third kappa shape index (κ3) is 6.46. The smallest absolute Gasteiger partial charge is 0.471 e. The molecule has 1 amide bonds. The monoisotopic (exact) mass is 547 g/mol. The van der Waals surface area contributed by atoms with Crippen molar-refractivity contribution >= 4 is 28.0 Å². The van der Waals surface area contributed by atoms with Crippen molar-refractivity contribution < 1.29 is 31.6 Å². The van der Waals surface area contributed by atoms with E-state index in [1.807, 2.05) is 12.2 Å². The van der Waals surface area contributed by atoms with Crippen molar-refractivity contribution in [3.05, 3.63) is 89.9 Å². The summed E-state index contributed by atoms with van der Waals surface area (Å²) in [6.45, 7) is 3.25. The van der Waals surface area contributed by atoms with Gasteiger partial charge in [-0.2, -0.15) is 18.3 Å². The summed E-state index contributed by atoms with van der Waals surface area (Å²) >= 11 is -1.02. The Morgan fingerprint density at radius 2 is 1.79 bits per heavy atom. The van der Waals surface area contributed by atoms with Crippen molar-refractivity contribution in [1.29, 1.82) is 0 Å². The Morgan fingerprint density at radius 3 is 2.42 bits per heavy atom. The molecular weight excluding hydrogens is 522 g/mol. The Hall–Kier alpha value is -3.57. The van der Waals surface area contributed by atoms with Crippen molar-refractivity contribution in [2.75, 3.05) is 5.75 Å². The lowest BCUT2D eigenvalue weighted by molar-refractivity contribution is -0.174. The molecular formula is C27H25F4N3O3S. The van der Waals surface area contributed by atoms with Crippen molar-refractivity contribution in [3.63, 3.8) is 0 Å². The van der Waals surface area contributed by atoms with E-state index in [-0.39, 0.29) is 5.82 Å². The number of nitrogens with zero attached hydrogens (tertiary/aromatic N) is 2. The number of amides is 1. The number of aromatic nitrogens is 2. The zero-order chi connectivity index (χ0) is 27.4. The van der Waals surface area contributed by atoms with Crippen LogP contribution in [0.4, 0.5) is 17.6 Å². The predicted molar refractivity (Wildman–Crippen MR) is 137 cm³/mol. The zero-order valence-corrected chi connectivity index (χ0v) is 21.4. The second-order valence-corrected chi connectivity index (χ2v) is 10.4. The molecule has 0 spiro atoms. The third-order valence-corrected chi connectivity index (χ3v) is 7.20. The first-order valence-corrected chi connectivity index (χ1v) is 13.3. The largest absolute Gasteiger partial charge is 0.616 e. The number of rotatable bonds is 9. The average molecular weight is 548 g/mol. The molecule has 11 heteroatoms. The van der Waals surface area contributed by atoms with Crippen molar-refractivity contribution in [2.24, 2.45) is 0 Å². The van der Waals surface area contributed by atoms with E-state index in [4.69, 9.17) is 4.74 Å². The molecule has 1 heterocycles. The number of fused-ring (bicyclic) bond motifs is 1. The number of alkyl halides is 3. The number of hydrogen-bond donors (Lipinski definition) is 1. The molecule has 1 N–H and O–H groups in total. The van der Waals surface area contributed by atoms with E-state index < -0.39 is 35.4 Å². The Bertz CT molecular complexity index is 1390. The van der Waals surface area contributed by atoms with Gasteiger partial charge in [0.2, 0.25) is 0 Å². The molecule has 0 aliphatic heterocycles. The van der Waals surface area contributed by atoms with Crippen LogP contribution < -0.4 is 10.1 Å². The Balaban J connectivity index is 1.62. The maximum atomic E-state index is 13.3. The summed E-state index contributed by atoms with van der Waals surface area (Å²) in [5, 5.41) is 7.01. The minimum absolute atomic E-state index is 0.352. The van der Waals surface area contributed by atoms with Gasteiger partial charge in [0.1, 0.15) is 29.2 Å². The summed E-state index contributed by atoms with van der Waals surface area (Å²) in [5.74, 6) is -1.22. The molecule has 0 bridgehead atoms. The van der Waals surface area contributed by atoms with Gasteiger partial charge in [0.25, 0.3) is 0 Å². The number of carbonyl (C=O) groups is 1. The van der Waals surface area contributed by atoms with E-state index in [2.05, 4.69) is 5.10 Å². The first-order chi connectivity index (χ1) is 18.0. The van der Waals surface area contributed by atoms with Gasteiger partial charge in [0.05, 0.1) is 23.4 Å². The van der Waals surface area contributed by atoms with Gasteiger partial charge in [0.15, 0.2) is 0 Å². The van der Waals surface area contributed by atoms with E-state index in [9.17, 15) is 26.9 Å². The number of benzene rings is 3. The lowest BCUT2D eigenvalue weighted by Gasteiger charge is -2.27. The van der Waals surface area contributed by atoms with Gasteiger partial charge in [0, 0.05) is 10.9 Å². The maximum absolute atomic E-state index is 13.3. The van der Waals surface area contributed by atoms with Crippen LogP contribution in [0, 0.1) is 5.82 Å². The number of halogens is 4. The highest BCUT2D eigenvalue weighted by molar-refractivity contribution is 7.90. The number of carbonyl (C=O) groups excluding carboxylic acids is 1. The minimum atomic E-state index is -5.04. The van der Waals surface area contributed by atoms with Crippen LogP contribution in [0.3, 0.4) is 0 Å². The standard InChI is InChI=1S/C27H25F4N3O3S/c1-3-38(36)16-18-4-6-19(7-5-18)25(17(2)33-26(35)27(29,30)31)37-23-12-13-24-20(14-23)15-32-34(24)22-10-8-21(28)9-11-22/h4-15,17,25H,3,16H2,1-2H3,(H,33,35)/t17-,25-,38?/m0/s1. The van der Waals surface area contributed by atoms with Crippen LogP contribution in [0.5, 0.6) is 5.75 Å². The molecule has 0 aliphatic rings. The molecule has 3 aromatic carbocycles. The fourth-order valence-corrected chi connectivity index (χ4v) is 4.70. The fourth-order valence-electron chi connectivity index (χ4n) is 3.93. The van der Waals surface area contributed by atoms with E-state index in [0.29, 0.717) is 39.4 Å². The topological polar surface area (TPSA) is 79.2 Å². The highest BCUT2D eigenvalue weighted by Crippen LogP contribution is 2.30. The summed E-state index contributed by atoms with van der Waals surface area (Å²) < 4.78 is 71.8. The second kappa shape index (κ2) is 11.4. The molecule has 1 unspecified atom stereocenters. The molecule has 3 atom stereocenters. The quantitative estimate of drug-likeness (QED) is 0.218. The molecule has 6 nitrogen and oxygen atoms in total. The Labute approximate surface area is 219 Å². The lowest BCUT2D eigenvalue weighted by atomic mass is 10.0. The van der Waals surface area contributed by atoms with Crippen LogP contribution in [0.1, 0.15) is 31.1 Å². The number of nitrogens with one attached hydrogen (secondary N) is 1. The molecule has 0 radical (unpaired) electrons. The van der Waals surface area contributed by atoms with Crippen molar-refractivity contribution in [1.82, 2.24) is 15.1 Å². The number of ether oxygens (including phenoxy) is 1. The molecule has 4 rings (SSSR count). The first-order valence-electron chi connectivity index (χ1n) is 11.8. The normalized spacial score (nSPS) is 14.2. The van der Waals surface area contributed by atoms with Crippen LogP contribution in [0.25, 0.3) is 16.6 Å². The summed E-state index contributed by atoms with van der Waals surface area (Å²) in [7, 11) is 0.